The second-order valence-electron chi connectivity index (χ2n) is 7.87. The zero-order valence-electron chi connectivity index (χ0n) is 16.6. The van der Waals surface area contributed by atoms with Crippen LogP contribution >= 0.6 is 0 Å². The summed E-state index contributed by atoms with van der Waals surface area (Å²) < 4.78 is 39.2. The van der Waals surface area contributed by atoms with Crippen LogP contribution < -0.4 is 5.32 Å². The molecule has 0 aromatic heterocycles. The third kappa shape index (κ3) is 3.93. The predicted molar refractivity (Wildman–Crippen MR) is 103 cm³/mol. The van der Waals surface area contributed by atoms with Crippen molar-refractivity contribution in [1.29, 1.82) is 0 Å². The summed E-state index contributed by atoms with van der Waals surface area (Å²) in [6, 6.07) is 11.0. The molecular weight excluding hydrogens is 394 g/mol. The average molecular weight is 416 g/mol. The van der Waals surface area contributed by atoms with Crippen LogP contribution in [-0.2, 0) is 20.8 Å². The zero-order valence-corrected chi connectivity index (χ0v) is 16.6. The molecule has 0 bridgehead atoms. The number of nitrogens with zero attached hydrogens (tertiary/aromatic N) is 1. The summed E-state index contributed by atoms with van der Waals surface area (Å²) in [4.78, 5) is 27.3. The molecule has 2 saturated heterocycles. The molecule has 3 atom stereocenters. The van der Waals surface area contributed by atoms with Crippen LogP contribution in [0.2, 0.25) is 0 Å². The Hall–Kier alpha value is -2.84. The number of rotatable bonds is 4. The van der Waals surface area contributed by atoms with Gasteiger partial charge in [-0.3, -0.25) is 9.59 Å². The van der Waals surface area contributed by atoms with E-state index in [0.29, 0.717) is 6.07 Å². The summed E-state index contributed by atoms with van der Waals surface area (Å²) in [7, 11) is 0. The lowest BCUT2D eigenvalue weighted by Gasteiger charge is -2.29. The molecule has 1 N–H and O–H groups in total. The first-order chi connectivity index (χ1) is 14.2. The van der Waals surface area contributed by atoms with Gasteiger partial charge in [-0.15, -0.1) is 0 Å². The van der Waals surface area contributed by atoms with E-state index in [4.69, 9.17) is 9.47 Å². The molecular formula is C22H22F2N2O4. The Balaban J connectivity index is 1.58. The van der Waals surface area contributed by atoms with E-state index in [0.717, 1.165) is 17.7 Å². The number of carbonyl (C=O) groups excluding carboxylic acids is 2. The van der Waals surface area contributed by atoms with Gasteiger partial charge >= 0.3 is 0 Å². The maximum Gasteiger partial charge on any atom is 0.257 e. The van der Waals surface area contributed by atoms with Crippen molar-refractivity contribution in [2.24, 2.45) is 0 Å². The van der Waals surface area contributed by atoms with E-state index < -0.39 is 47.5 Å². The minimum Gasteiger partial charge on any atom is -0.350 e. The van der Waals surface area contributed by atoms with Crippen molar-refractivity contribution >= 4 is 11.8 Å². The largest absolute Gasteiger partial charge is 0.350 e. The monoisotopic (exact) mass is 416 g/mol. The molecule has 4 rings (SSSR count). The molecule has 2 heterocycles. The number of carbonyl (C=O) groups is 2. The van der Waals surface area contributed by atoms with Crippen LogP contribution in [0.25, 0.3) is 0 Å². The molecule has 2 fully saturated rings. The SMILES string of the molecule is CC1(C)O[C@H]2[C@H](CN(C(=O)c3ccc(F)cc3F)[C@@H]2C(=O)NCc2ccccc2)O1. The lowest BCUT2D eigenvalue weighted by Crippen LogP contribution is -2.51. The topological polar surface area (TPSA) is 67.9 Å². The molecule has 2 aliphatic heterocycles. The molecule has 2 amide bonds. The molecule has 2 aromatic rings. The van der Waals surface area contributed by atoms with Gasteiger partial charge in [0.1, 0.15) is 29.9 Å². The predicted octanol–water partition coefficient (Wildman–Crippen LogP) is 2.63. The standard InChI is InChI=1S/C22H22F2N2O4/c1-22(2)29-17-12-26(21(28)15-9-8-14(23)10-16(15)24)18(19(17)30-22)20(27)25-11-13-6-4-3-5-7-13/h3-10,17-19H,11-12H2,1-2H3,(H,25,27)/t17-,18-,19-/m0/s1. The zero-order chi connectivity index (χ0) is 21.5. The van der Waals surface area contributed by atoms with Crippen LogP contribution in [0.1, 0.15) is 29.8 Å². The number of nitrogens with one attached hydrogen (secondary N) is 1. The van der Waals surface area contributed by atoms with Gasteiger partial charge < -0.3 is 19.7 Å². The van der Waals surface area contributed by atoms with Gasteiger partial charge in [-0.05, 0) is 31.5 Å². The highest BCUT2D eigenvalue weighted by atomic mass is 19.1. The van der Waals surface area contributed by atoms with Gasteiger partial charge in [0.15, 0.2) is 5.79 Å². The second kappa shape index (κ2) is 7.77. The van der Waals surface area contributed by atoms with Crippen LogP contribution in [0, 0.1) is 11.6 Å². The highest BCUT2D eigenvalue weighted by Gasteiger charge is 2.56. The second-order valence-corrected chi connectivity index (χ2v) is 7.87. The van der Waals surface area contributed by atoms with Gasteiger partial charge in [0.05, 0.1) is 12.1 Å². The molecule has 30 heavy (non-hydrogen) atoms. The first-order valence-electron chi connectivity index (χ1n) is 9.68. The lowest BCUT2D eigenvalue weighted by atomic mass is 10.1. The molecule has 2 aliphatic rings. The van der Waals surface area contributed by atoms with E-state index in [1.54, 1.807) is 13.8 Å². The lowest BCUT2D eigenvalue weighted by molar-refractivity contribution is -0.162. The van der Waals surface area contributed by atoms with Crippen molar-refractivity contribution in [1.82, 2.24) is 10.2 Å². The van der Waals surface area contributed by atoms with Gasteiger partial charge in [-0.1, -0.05) is 30.3 Å². The van der Waals surface area contributed by atoms with Crippen molar-refractivity contribution < 1.29 is 27.8 Å². The van der Waals surface area contributed by atoms with E-state index in [2.05, 4.69) is 5.32 Å². The number of likely N-dealkylation sites (tertiary alicyclic amines) is 1. The number of ether oxygens (including phenoxy) is 2. The third-order valence-electron chi connectivity index (χ3n) is 5.25. The summed E-state index contributed by atoms with van der Waals surface area (Å²) in [5, 5.41) is 2.82. The third-order valence-corrected chi connectivity index (χ3v) is 5.25. The average Bonchev–Trinajstić information content (AvgIpc) is 3.18. The highest BCUT2D eigenvalue weighted by molar-refractivity contribution is 5.98. The van der Waals surface area contributed by atoms with Crippen LogP contribution in [0.4, 0.5) is 8.78 Å². The van der Waals surface area contributed by atoms with Crippen molar-refractivity contribution in [3.05, 3.63) is 71.3 Å². The fourth-order valence-corrected chi connectivity index (χ4v) is 3.96. The molecule has 0 radical (unpaired) electrons. The molecule has 2 aromatic carbocycles. The van der Waals surface area contributed by atoms with Gasteiger partial charge in [-0.25, -0.2) is 8.78 Å². The Morgan fingerprint density at radius 1 is 1.13 bits per heavy atom. The highest BCUT2D eigenvalue weighted by Crippen LogP contribution is 2.37. The van der Waals surface area contributed by atoms with Gasteiger partial charge in [0.2, 0.25) is 5.91 Å². The van der Waals surface area contributed by atoms with Crippen molar-refractivity contribution in [2.75, 3.05) is 6.54 Å². The smallest absolute Gasteiger partial charge is 0.257 e. The fourth-order valence-electron chi connectivity index (χ4n) is 3.96. The summed E-state index contributed by atoms with van der Waals surface area (Å²) in [6.07, 6.45) is -1.22. The van der Waals surface area contributed by atoms with Gasteiger partial charge in [-0.2, -0.15) is 0 Å². The normalized spacial score (nSPS) is 24.5. The Kier molecular flexibility index (Phi) is 5.29. The first kappa shape index (κ1) is 20.4. The first-order valence-corrected chi connectivity index (χ1v) is 9.68. The summed E-state index contributed by atoms with van der Waals surface area (Å²) in [5.74, 6) is -3.81. The van der Waals surface area contributed by atoms with E-state index in [9.17, 15) is 18.4 Å². The summed E-state index contributed by atoms with van der Waals surface area (Å²) in [5.41, 5.74) is 0.586. The van der Waals surface area contributed by atoms with Crippen molar-refractivity contribution in [2.45, 2.75) is 44.4 Å². The Morgan fingerprint density at radius 3 is 2.57 bits per heavy atom. The van der Waals surface area contributed by atoms with Gasteiger partial charge in [0, 0.05) is 12.6 Å². The van der Waals surface area contributed by atoms with Gasteiger partial charge in [0.25, 0.3) is 5.91 Å². The molecule has 0 unspecified atom stereocenters. The molecule has 0 aliphatic carbocycles. The van der Waals surface area contributed by atoms with Crippen LogP contribution in [-0.4, -0.2) is 47.3 Å². The van der Waals surface area contributed by atoms with E-state index in [1.807, 2.05) is 30.3 Å². The number of hydrogen-bond donors (Lipinski definition) is 1. The molecule has 8 heteroatoms. The van der Waals surface area contributed by atoms with Crippen LogP contribution in [0.5, 0.6) is 0 Å². The number of hydrogen-bond acceptors (Lipinski definition) is 4. The molecule has 158 valence electrons. The maximum atomic E-state index is 14.2. The Labute approximate surface area is 172 Å². The minimum absolute atomic E-state index is 0.0627. The summed E-state index contributed by atoms with van der Waals surface area (Å²) >= 11 is 0. The minimum atomic E-state index is -1.00. The number of benzene rings is 2. The fraction of sp³-hybridized carbons (Fsp3) is 0.364. The van der Waals surface area contributed by atoms with Crippen molar-refractivity contribution in [3.8, 4) is 0 Å². The Bertz CT molecular complexity index is 967. The van der Waals surface area contributed by atoms with Crippen LogP contribution in [0.15, 0.2) is 48.5 Å². The number of halogens is 2. The quantitative estimate of drug-likeness (QED) is 0.832. The summed E-state index contributed by atoms with van der Waals surface area (Å²) in [6.45, 7) is 3.80. The van der Waals surface area contributed by atoms with E-state index in [1.165, 1.54) is 4.90 Å². The molecule has 6 nitrogen and oxygen atoms in total. The maximum absolute atomic E-state index is 14.2. The molecule has 0 saturated carbocycles. The Morgan fingerprint density at radius 2 is 1.87 bits per heavy atom. The number of fused-ring (bicyclic) bond motifs is 1. The van der Waals surface area contributed by atoms with Crippen LogP contribution in [0.3, 0.4) is 0 Å². The molecule has 0 spiro atoms. The van der Waals surface area contributed by atoms with Crippen molar-refractivity contribution in [3.63, 3.8) is 0 Å². The number of amides is 2. The van der Waals surface area contributed by atoms with E-state index >= 15 is 0 Å². The van der Waals surface area contributed by atoms with E-state index in [-0.39, 0.29) is 18.7 Å².